The fourth-order valence-corrected chi connectivity index (χ4v) is 4.35. The van der Waals surface area contributed by atoms with E-state index in [4.69, 9.17) is 11.6 Å². The highest BCUT2D eigenvalue weighted by Gasteiger charge is 2.28. The van der Waals surface area contributed by atoms with Crippen molar-refractivity contribution < 1.29 is 8.42 Å². The number of nitrogens with zero attached hydrogens (tertiary/aromatic N) is 2. The van der Waals surface area contributed by atoms with Gasteiger partial charge in [0.15, 0.2) is 0 Å². The summed E-state index contributed by atoms with van der Waals surface area (Å²) in [5, 5.41) is 0.204. The molecule has 102 valence electrons. The summed E-state index contributed by atoms with van der Waals surface area (Å²) in [7, 11) is -1.99. The van der Waals surface area contributed by atoms with Crippen molar-refractivity contribution in [1.82, 2.24) is 9.29 Å². The molecule has 0 N–H and O–H groups in total. The molecule has 1 rings (SSSR count). The van der Waals surface area contributed by atoms with E-state index in [-0.39, 0.29) is 16.0 Å². The summed E-state index contributed by atoms with van der Waals surface area (Å²) in [5.41, 5.74) is 0. The van der Waals surface area contributed by atoms with Crippen LogP contribution in [0.5, 0.6) is 0 Å². The molecule has 7 heteroatoms. The Morgan fingerprint density at radius 2 is 2.22 bits per heavy atom. The third-order valence-corrected chi connectivity index (χ3v) is 5.83. The fraction of sp³-hybridized carbons (Fsp3) is 0.545. The predicted octanol–water partition coefficient (Wildman–Crippen LogP) is 2.50. The maximum atomic E-state index is 12.4. The average molecular weight is 309 g/mol. The fourth-order valence-electron chi connectivity index (χ4n) is 1.58. The zero-order valence-corrected chi connectivity index (χ0v) is 13.0. The summed E-state index contributed by atoms with van der Waals surface area (Å²) in [4.78, 5) is 3.89. The van der Waals surface area contributed by atoms with Gasteiger partial charge in [-0.1, -0.05) is 18.5 Å². The zero-order valence-electron chi connectivity index (χ0n) is 10.6. The van der Waals surface area contributed by atoms with Crippen molar-refractivity contribution in [3.8, 4) is 0 Å². The molecule has 0 aliphatic rings. The summed E-state index contributed by atoms with van der Waals surface area (Å²) in [6.45, 7) is 1.97. The topological polar surface area (TPSA) is 50.3 Å². The molecule has 1 atom stereocenters. The quantitative estimate of drug-likeness (QED) is 0.810. The van der Waals surface area contributed by atoms with Crippen LogP contribution in [-0.2, 0) is 10.0 Å². The van der Waals surface area contributed by atoms with E-state index in [0.717, 1.165) is 12.2 Å². The molecule has 1 unspecified atom stereocenters. The van der Waals surface area contributed by atoms with E-state index in [0.29, 0.717) is 0 Å². The number of hydrogen-bond acceptors (Lipinski definition) is 4. The van der Waals surface area contributed by atoms with Gasteiger partial charge in [-0.25, -0.2) is 8.42 Å². The maximum Gasteiger partial charge on any atom is 0.246 e. The second-order valence-electron chi connectivity index (χ2n) is 3.84. The first kappa shape index (κ1) is 15.8. The number of halogens is 1. The summed E-state index contributed by atoms with van der Waals surface area (Å²) >= 11 is 7.55. The van der Waals surface area contributed by atoms with Gasteiger partial charge >= 0.3 is 0 Å². The molecule has 18 heavy (non-hydrogen) atoms. The molecular formula is C11H17ClN2O2S2. The molecular weight excluding hydrogens is 292 g/mol. The van der Waals surface area contributed by atoms with E-state index in [1.807, 2.05) is 13.2 Å². The van der Waals surface area contributed by atoms with Gasteiger partial charge in [0.1, 0.15) is 4.90 Å². The normalized spacial score (nSPS) is 13.8. The van der Waals surface area contributed by atoms with Crippen LogP contribution in [0.2, 0.25) is 5.02 Å². The lowest BCUT2D eigenvalue weighted by Gasteiger charge is -2.26. The molecule has 0 aliphatic heterocycles. The van der Waals surface area contributed by atoms with Crippen LogP contribution in [0.25, 0.3) is 0 Å². The molecule has 0 spiro atoms. The minimum atomic E-state index is -3.58. The molecule has 0 bridgehead atoms. The van der Waals surface area contributed by atoms with Gasteiger partial charge in [-0.15, -0.1) is 0 Å². The lowest BCUT2D eigenvalue weighted by Crippen LogP contribution is -2.38. The van der Waals surface area contributed by atoms with E-state index in [1.54, 1.807) is 18.8 Å². The highest BCUT2D eigenvalue weighted by Crippen LogP contribution is 2.25. The Morgan fingerprint density at radius 3 is 2.72 bits per heavy atom. The van der Waals surface area contributed by atoms with Crippen LogP contribution in [0.1, 0.15) is 13.3 Å². The Morgan fingerprint density at radius 1 is 1.56 bits per heavy atom. The minimum absolute atomic E-state index is 0.0405. The van der Waals surface area contributed by atoms with Crippen LogP contribution in [0.4, 0.5) is 0 Å². The van der Waals surface area contributed by atoms with Crippen molar-refractivity contribution in [1.29, 1.82) is 0 Å². The van der Waals surface area contributed by atoms with Crippen molar-refractivity contribution >= 4 is 33.4 Å². The van der Waals surface area contributed by atoms with Crippen LogP contribution in [-0.4, -0.2) is 42.8 Å². The van der Waals surface area contributed by atoms with Gasteiger partial charge in [-0.2, -0.15) is 16.1 Å². The van der Waals surface area contributed by atoms with Gasteiger partial charge in [0, 0.05) is 31.2 Å². The van der Waals surface area contributed by atoms with Crippen molar-refractivity contribution in [3.05, 3.63) is 23.5 Å². The monoisotopic (exact) mass is 308 g/mol. The van der Waals surface area contributed by atoms with E-state index in [9.17, 15) is 8.42 Å². The number of aromatic nitrogens is 1. The van der Waals surface area contributed by atoms with E-state index < -0.39 is 10.0 Å². The molecule has 0 saturated carbocycles. The summed E-state index contributed by atoms with van der Waals surface area (Å²) in [5.74, 6) is 0.754. The Hall–Kier alpha value is -0.300. The van der Waals surface area contributed by atoms with Crippen LogP contribution in [0.15, 0.2) is 23.4 Å². The van der Waals surface area contributed by atoms with Crippen molar-refractivity contribution in [2.45, 2.75) is 24.3 Å². The van der Waals surface area contributed by atoms with Gasteiger partial charge in [0.05, 0.1) is 5.02 Å². The first-order valence-electron chi connectivity index (χ1n) is 5.51. The minimum Gasteiger partial charge on any atom is -0.263 e. The average Bonchev–Trinajstić information content (AvgIpc) is 2.35. The number of sulfonamides is 1. The number of rotatable bonds is 6. The Kier molecular flexibility index (Phi) is 5.91. The third kappa shape index (κ3) is 3.38. The van der Waals surface area contributed by atoms with E-state index >= 15 is 0 Å². The lowest BCUT2D eigenvalue weighted by molar-refractivity contribution is 0.385. The largest absolute Gasteiger partial charge is 0.263 e. The number of thioether (sulfide) groups is 1. The molecule has 0 aromatic carbocycles. The summed E-state index contributed by atoms with van der Waals surface area (Å²) in [6.07, 6.45) is 5.48. The van der Waals surface area contributed by atoms with Crippen molar-refractivity contribution in [3.63, 3.8) is 0 Å². The lowest BCUT2D eigenvalue weighted by atomic mass is 10.3. The SMILES string of the molecule is CCC(CSC)N(C)S(=O)(=O)c1cnccc1Cl. The molecule has 0 radical (unpaired) electrons. The highest BCUT2D eigenvalue weighted by molar-refractivity contribution is 7.98. The standard InChI is InChI=1S/C11H17ClN2O2S2/c1-4-9(8-17-3)14(2)18(15,16)11-7-13-6-5-10(11)12/h5-7,9H,4,8H2,1-3H3. The smallest absolute Gasteiger partial charge is 0.246 e. The van der Waals surface area contributed by atoms with Crippen LogP contribution < -0.4 is 0 Å². The van der Waals surface area contributed by atoms with Gasteiger partial charge in [-0.3, -0.25) is 4.98 Å². The zero-order chi connectivity index (χ0) is 13.8. The van der Waals surface area contributed by atoms with Gasteiger partial charge < -0.3 is 0 Å². The molecule has 0 fully saturated rings. The molecule has 1 aromatic rings. The molecule has 0 saturated heterocycles. The molecule has 0 aliphatic carbocycles. The second kappa shape index (κ2) is 6.75. The van der Waals surface area contributed by atoms with Crippen molar-refractivity contribution in [2.24, 2.45) is 0 Å². The van der Waals surface area contributed by atoms with Crippen LogP contribution in [0.3, 0.4) is 0 Å². The third-order valence-electron chi connectivity index (χ3n) is 2.74. The number of hydrogen-bond donors (Lipinski definition) is 0. The van der Waals surface area contributed by atoms with Crippen molar-refractivity contribution in [2.75, 3.05) is 19.1 Å². The highest BCUT2D eigenvalue weighted by atomic mass is 35.5. The molecule has 1 aromatic heterocycles. The van der Waals surface area contributed by atoms with Gasteiger partial charge in [-0.05, 0) is 18.7 Å². The Balaban J connectivity index is 3.10. The second-order valence-corrected chi connectivity index (χ2v) is 7.13. The molecule has 1 heterocycles. The predicted molar refractivity (Wildman–Crippen MR) is 76.7 cm³/mol. The summed E-state index contributed by atoms with van der Waals surface area (Å²) < 4.78 is 26.2. The summed E-state index contributed by atoms with van der Waals surface area (Å²) in [6, 6.07) is 1.44. The Labute approximate surface area is 118 Å². The molecule has 4 nitrogen and oxygen atoms in total. The molecule has 0 amide bonds. The van der Waals surface area contributed by atoms with E-state index in [1.165, 1.54) is 22.8 Å². The van der Waals surface area contributed by atoms with Crippen LogP contribution >= 0.6 is 23.4 Å². The maximum absolute atomic E-state index is 12.4. The van der Waals surface area contributed by atoms with Gasteiger partial charge in [0.2, 0.25) is 10.0 Å². The Bertz CT molecular complexity index is 494. The first-order chi connectivity index (χ1) is 8.45. The van der Waals surface area contributed by atoms with Crippen LogP contribution in [0, 0.1) is 0 Å². The van der Waals surface area contributed by atoms with E-state index in [2.05, 4.69) is 4.98 Å². The van der Waals surface area contributed by atoms with Gasteiger partial charge in [0.25, 0.3) is 0 Å². The number of pyridine rings is 1. The first-order valence-corrected chi connectivity index (χ1v) is 8.72.